The topological polar surface area (TPSA) is 73.5 Å². The fourth-order valence-corrected chi connectivity index (χ4v) is 3.46. The van der Waals surface area contributed by atoms with Crippen molar-refractivity contribution >= 4 is 28.8 Å². The highest BCUT2D eigenvalue weighted by Crippen LogP contribution is 2.25. The Morgan fingerprint density at radius 3 is 2.86 bits per heavy atom. The minimum atomic E-state index is -0.432. The Labute approximate surface area is 162 Å². The lowest BCUT2D eigenvalue weighted by atomic mass is 10.2. The van der Waals surface area contributed by atoms with Crippen molar-refractivity contribution in [3.05, 3.63) is 64.7 Å². The van der Waals surface area contributed by atoms with Crippen LogP contribution in [0.4, 0.5) is 5.69 Å². The first kappa shape index (κ1) is 18.1. The van der Waals surface area contributed by atoms with Crippen LogP contribution < -0.4 is 15.8 Å². The predicted molar refractivity (Wildman–Crippen MR) is 108 cm³/mol. The number of rotatable bonds is 5. The number of hydrogen-bond donors (Lipinski definition) is 1. The van der Waals surface area contributed by atoms with Crippen molar-refractivity contribution in [2.75, 3.05) is 5.32 Å². The summed E-state index contributed by atoms with van der Waals surface area (Å²) in [6, 6.07) is 12.8. The van der Waals surface area contributed by atoms with Gasteiger partial charge in [0.05, 0.1) is 11.6 Å². The Bertz CT molecular complexity index is 1090. The van der Waals surface area contributed by atoms with E-state index in [9.17, 15) is 9.59 Å². The summed E-state index contributed by atoms with van der Waals surface area (Å²) in [6.07, 6.45) is 8.18. The van der Waals surface area contributed by atoms with Gasteiger partial charge in [-0.25, -0.2) is 4.79 Å². The van der Waals surface area contributed by atoms with Crippen molar-refractivity contribution in [3.63, 3.8) is 0 Å². The van der Waals surface area contributed by atoms with Gasteiger partial charge in [0, 0.05) is 24.9 Å². The lowest BCUT2D eigenvalue weighted by Crippen LogP contribution is -2.10. The third-order valence-corrected chi connectivity index (χ3v) is 4.95. The van der Waals surface area contributed by atoms with Gasteiger partial charge in [0.25, 0.3) is 0 Å². The molecule has 0 atom stereocenters. The van der Waals surface area contributed by atoms with E-state index in [1.807, 2.05) is 24.3 Å². The number of aromatic nitrogens is 1. The number of carbonyl (C=O) groups is 1. The van der Waals surface area contributed by atoms with Crippen molar-refractivity contribution in [2.45, 2.75) is 31.8 Å². The molecule has 1 N–H and O–H groups in total. The second-order valence-corrected chi connectivity index (χ2v) is 7.03. The van der Waals surface area contributed by atoms with Crippen LogP contribution in [0.5, 0.6) is 5.75 Å². The molecule has 3 aromatic rings. The number of fused-ring (bicyclic) bond motifs is 1. The minimum absolute atomic E-state index is 0.264. The SMILES string of the molecule is Cn1c(=O)oc2cc(NC(=O)C=Cc3cccc(OC4CCCC4)c3)ccc21. The molecule has 0 radical (unpaired) electrons. The largest absolute Gasteiger partial charge is 0.490 e. The van der Waals surface area contributed by atoms with Crippen LogP contribution in [0.15, 0.2) is 57.8 Å². The minimum Gasteiger partial charge on any atom is -0.490 e. The Kier molecular flexibility index (Phi) is 5.02. The number of hydrogen-bond acceptors (Lipinski definition) is 4. The molecule has 0 aliphatic heterocycles. The van der Waals surface area contributed by atoms with Crippen molar-refractivity contribution in [1.82, 2.24) is 4.57 Å². The van der Waals surface area contributed by atoms with Gasteiger partial charge in [-0.2, -0.15) is 0 Å². The molecule has 1 amide bonds. The molecule has 4 rings (SSSR count). The maximum atomic E-state index is 12.2. The standard InChI is InChI=1S/C22H22N2O4/c1-24-19-11-10-16(14-20(19)28-22(24)26)23-21(25)12-9-15-5-4-8-18(13-15)27-17-6-2-3-7-17/h4-5,8-14,17H,2-3,6-7H2,1H3,(H,23,25). The van der Waals surface area contributed by atoms with Crippen LogP contribution in [-0.4, -0.2) is 16.6 Å². The number of ether oxygens (including phenoxy) is 1. The van der Waals surface area contributed by atoms with E-state index in [1.54, 1.807) is 31.3 Å². The summed E-state index contributed by atoms with van der Waals surface area (Å²) in [6.45, 7) is 0. The molecule has 1 saturated carbocycles. The van der Waals surface area contributed by atoms with E-state index in [2.05, 4.69) is 5.32 Å². The summed E-state index contributed by atoms with van der Waals surface area (Å²) >= 11 is 0. The maximum Gasteiger partial charge on any atom is 0.419 e. The molecule has 0 unspecified atom stereocenters. The second-order valence-electron chi connectivity index (χ2n) is 7.03. The molecule has 6 heteroatoms. The first-order chi connectivity index (χ1) is 13.6. The number of amides is 1. The first-order valence-electron chi connectivity index (χ1n) is 9.44. The highest BCUT2D eigenvalue weighted by molar-refractivity contribution is 6.02. The third-order valence-electron chi connectivity index (χ3n) is 4.95. The molecule has 0 spiro atoms. The van der Waals surface area contributed by atoms with E-state index < -0.39 is 5.76 Å². The zero-order valence-corrected chi connectivity index (χ0v) is 15.7. The lowest BCUT2D eigenvalue weighted by molar-refractivity contribution is -0.111. The van der Waals surface area contributed by atoms with E-state index in [1.165, 1.54) is 23.5 Å². The van der Waals surface area contributed by atoms with Gasteiger partial charge < -0.3 is 14.5 Å². The van der Waals surface area contributed by atoms with Gasteiger partial charge in [0.2, 0.25) is 5.91 Å². The van der Waals surface area contributed by atoms with Crippen molar-refractivity contribution in [1.29, 1.82) is 0 Å². The Hall–Kier alpha value is -3.28. The zero-order chi connectivity index (χ0) is 19.5. The summed E-state index contributed by atoms with van der Waals surface area (Å²) in [4.78, 5) is 23.8. The number of anilines is 1. The Morgan fingerprint density at radius 1 is 1.21 bits per heavy atom. The van der Waals surface area contributed by atoms with Gasteiger partial charge in [-0.1, -0.05) is 12.1 Å². The van der Waals surface area contributed by atoms with Gasteiger partial charge in [-0.05, 0) is 61.6 Å². The van der Waals surface area contributed by atoms with Crippen molar-refractivity contribution in [2.24, 2.45) is 7.05 Å². The summed E-state index contributed by atoms with van der Waals surface area (Å²) in [7, 11) is 1.64. The molecule has 1 aliphatic rings. The molecule has 1 aromatic heterocycles. The number of nitrogens with zero attached hydrogens (tertiary/aromatic N) is 1. The molecular weight excluding hydrogens is 356 g/mol. The molecule has 0 saturated heterocycles. The third kappa shape index (κ3) is 4.01. The number of aryl methyl sites for hydroxylation is 1. The van der Waals surface area contributed by atoms with Crippen LogP contribution in [-0.2, 0) is 11.8 Å². The van der Waals surface area contributed by atoms with Crippen LogP contribution in [0.1, 0.15) is 31.2 Å². The Morgan fingerprint density at radius 2 is 2.04 bits per heavy atom. The van der Waals surface area contributed by atoms with Gasteiger partial charge in [-0.3, -0.25) is 9.36 Å². The molecule has 1 heterocycles. The Balaban J connectivity index is 1.41. The molecule has 1 fully saturated rings. The normalized spacial score (nSPS) is 14.8. The molecule has 0 bridgehead atoms. The van der Waals surface area contributed by atoms with Gasteiger partial charge in [-0.15, -0.1) is 0 Å². The highest BCUT2D eigenvalue weighted by atomic mass is 16.5. The van der Waals surface area contributed by atoms with Crippen molar-refractivity contribution in [3.8, 4) is 5.75 Å². The monoisotopic (exact) mass is 378 g/mol. The molecule has 144 valence electrons. The van der Waals surface area contributed by atoms with Crippen LogP contribution in [0.3, 0.4) is 0 Å². The number of benzene rings is 2. The summed E-state index contributed by atoms with van der Waals surface area (Å²) in [5, 5.41) is 2.78. The smallest absolute Gasteiger partial charge is 0.419 e. The van der Waals surface area contributed by atoms with E-state index in [0.717, 1.165) is 24.2 Å². The maximum absolute atomic E-state index is 12.2. The van der Waals surface area contributed by atoms with E-state index >= 15 is 0 Å². The quantitative estimate of drug-likeness (QED) is 0.678. The average molecular weight is 378 g/mol. The molecule has 28 heavy (non-hydrogen) atoms. The molecular formula is C22H22N2O4. The number of nitrogens with one attached hydrogen (secondary N) is 1. The van der Waals surface area contributed by atoms with E-state index in [0.29, 0.717) is 22.9 Å². The van der Waals surface area contributed by atoms with Crippen LogP contribution in [0.2, 0.25) is 0 Å². The second kappa shape index (κ2) is 7.76. The van der Waals surface area contributed by atoms with Crippen LogP contribution in [0.25, 0.3) is 17.2 Å². The zero-order valence-electron chi connectivity index (χ0n) is 15.7. The highest BCUT2D eigenvalue weighted by Gasteiger charge is 2.16. The van der Waals surface area contributed by atoms with Crippen molar-refractivity contribution < 1.29 is 13.9 Å². The average Bonchev–Trinajstić information content (AvgIpc) is 3.28. The van der Waals surface area contributed by atoms with Crippen LogP contribution >= 0.6 is 0 Å². The van der Waals surface area contributed by atoms with E-state index in [-0.39, 0.29) is 5.91 Å². The van der Waals surface area contributed by atoms with Gasteiger partial charge in [0.15, 0.2) is 5.58 Å². The predicted octanol–water partition coefficient (Wildman–Crippen LogP) is 4.10. The fourth-order valence-electron chi connectivity index (χ4n) is 3.46. The fraction of sp³-hybridized carbons (Fsp3) is 0.273. The number of oxazole rings is 1. The van der Waals surface area contributed by atoms with E-state index in [4.69, 9.17) is 9.15 Å². The van der Waals surface area contributed by atoms with Gasteiger partial charge >= 0.3 is 5.76 Å². The molecule has 6 nitrogen and oxygen atoms in total. The molecule has 2 aromatic carbocycles. The number of carbonyl (C=O) groups excluding carboxylic acids is 1. The van der Waals surface area contributed by atoms with Crippen LogP contribution in [0, 0.1) is 0 Å². The summed E-state index contributed by atoms with van der Waals surface area (Å²) in [5.41, 5.74) is 2.58. The van der Waals surface area contributed by atoms with Gasteiger partial charge in [0.1, 0.15) is 5.75 Å². The lowest BCUT2D eigenvalue weighted by Gasteiger charge is -2.13. The summed E-state index contributed by atoms with van der Waals surface area (Å²) < 4.78 is 12.6. The summed E-state index contributed by atoms with van der Waals surface area (Å²) in [5.74, 6) is 0.136. The molecule has 1 aliphatic carbocycles. The first-order valence-corrected chi connectivity index (χ1v) is 9.44.